The van der Waals surface area contributed by atoms with Crippen LogP contribution in [0.3, 0.4) is 0 Å². The normalized spacial score (nSPS) is 12.2. The maximum atomic E-state index is 11.8. The topological polar surface area (TPSA) is 111 Å². The molecular formula is C14H14N2O6S2. The third-order valence-electron chi connectivity index (χ3n) is 2.92. The van der Waals surface area contributed by atoms with Crippen molar-refractivity contribution in [2.45, 2.75) is 23.6 Å². The van der Waals surface area contributed by atoms with Crippen molar-refractivity contribution < 1.29 is 25.4 Å². The van der Waals surface area contributed by atoms with Gasteiger partial charge < -0.3 is 0 Å². The fraction of sp³-hybridized carbons (Fsp3) is 0.143. The molecule has 0 bridgehead atoms. The van der Waals surface area contributed by atoms with E-state index >= 15 is 0 Å². The summed E-state index contributed by atoms with van der Waals surface area (Å²) in [7, 11) is -8.40. The molecule has 0 spiro atoms. The summed E-state index contributed by atoms with van der Waals surface area (Å²) in [6.07, 6.45) is 0. The minimum Gasteiger partial charge on any atom is -0.242 e. The minimum absolute atomic E-state index is 0.145. The van der Waals surface area contributed by atoms with Crippen LogP contribution in [0.4, 0.5) is 0 Å². The van der Waals surface area contributed by atoms with Crippen LogP contribution in [0.25, 0.3) is 0 Å². The zero-order valence-corrected chi connectivity index (χ0v) is 14.4. The monoisotopic (exact) mass is 370 g/mol. The molecule has 128 valence electrons. The first-order chi connectivity index (χ1) is 11.2. The summed E-state index contributed by atoms with van der Waals surface area (Å²) >= 11 is 0. The van der Waals surface area contributed by atoms with Crippen LogP contribution in [0.5, 0.6) is 0 Å². The number of benzene rings is 2. The van der Waals surface area contributed by atoms with E-state index in [0.29, 0.717) is 0 Å². The Labute approximate surface area is 139 Å². The Morgan fingerprint density at radius 3 is 1.21 bits per heavy atom. The lowest BCUT2D eigenvalue weighted by Crippen LogP contribution is -2.04. The Balaban J connectivity index is 2.03. The van der Waals surface area contributed by atoms with E-state index in [1.807, 2.05) is 0 Å². The van der Waals surface area contributed by atoms with Crippen molar-refractivity contribution in [3.63, 3.8) is 0 Å². The highest BCUT2D eigenvalue weighted by Crippen LogP contribution is 2.15. The fourth-order valence-corrected chi connectivity index (χ4v) is 2.95. The highest BCUT2D eigenvalue weighted by Gasteiger charge is 2.17. The van der Waals surface area contributed by atoms with Gasteiger partial charge in [0.1, 0.15) is 9.79 Å². The maximum Gasteiger partial charge on any atom is 0.360 e. The van der Waals surface area contributed by atoms with Crippen LogP contribution in [0.2, 0.25) is 0 Å². The third-order valence-corrected chi connectivity index (χ3v) is 5.14. The summed E-state index contributed by atoms with van der Waals surface area (Å²) in [4.78, 5) is -0.290. The Bertz CT molecular complexity index is 854. The van der Waals surface area contributed by atoms with E-state index in [1.165, 1.54) is 24.3 Å². The van der Waals surface area contributed by atoms with E-state index in [2.05, 4.69) is 19.1 Å². The van der Waals surface area contributed by atoms with Crippen molar-refractivity contribution in [3.8, 4) is 0 Å². The molecule has 8 nitrogen and oxygen atoms in total. The smallest absolute Gasteiger partial charge is 0.242 e. The van der Waals surface area contributed by atoms with E-state index in [9.17, 15) is 16.8 Å². The van der Waals surface area contributed by atoms with Gasteiger partial charge in [-0.05, 0) is 38.1 Å². The van der Waals surface area contributed by atoms with Gasteiger partial charge in [-0.1, -0.05) is 35.4 Å². The van der Waals surface area contributed by atoms with Gasteiger partial charge in [-0.2, -0.15) is 16.8 Å². The molecule has 0 aliphatic rings. The van der Waals surface area contributed by atoms with Crippen LogP contribution in [-0.2, 0) is 28.8 Å². The first-order valence-corrected chi connectivity index (χ1v) is 9.43. The van der Waals surface area contributed by atoms with Crippen LogP contribution in [-0.4, -0.2) is 16.8 Å². The van der Waals surface area contributed by atoms with Crippen molar-refractivity contribution in [3.05, 3.63) is 59.7 Å². The van der Waals surface area contributed by atoms with E-state index in [1.54, 1.807) is 38.1 Å². The number of hydrogen-bond acceptors (Lipinski definition) is 8. The third kappa shape index (κ3) is 4.52. The molecule has 0 aliphatic heterocycles. The van der Waals surface area contributed by atoms with Crippen molar-refractivity contribution in [1.29, 1.82) is 0 Å². The molecule has 0 N–H and O–H groups in total. The van der Waals surface area contributed by atoms with Crippen LogP contribution >= 0.6 is 0 Å². The Morgan fingerprint density at radius 2 is 0.917 bits per heavy atom. The first-order valence-electron chi connectivity index (χ1n) is 6.62. The van der Waals surface area contributed by atoms with Gasteiger partial charge in [0.05, 0.1) is 10.6 Å². The number of hydrogen-bond donors (Lipinski definition) is 0. The van der Waals surface area contributed by atoms with Gasteiger partial charge in [-0.15, -0.1) is 0 Å². The molecule has 2 aromatic carbocycles. The predicted octanol–water partition coefficient (Wildman–Crippen LogP) is 2.70. The molecule has 0 radical (unpaired) electrons. The van der Waals surface area contributed by atoms with Gasteiger partial charge in [-0.3, -0.25) is 0 Å². The molecule has 0 heterocycles. The summed E-state index contributed by atoms with van der Waals surface area (Å²) in [5.74, 6) is 0. The van der Waals surface area contributed by atoms with E-state index in [-0.39, 0.29) is 9.79 Å². The lowest BCUT2D eigenvalue weighted by atomic mass is 10.2. The molecule has 0 aromatic heterocycles. The lowest BCUT2D eigenvalue weighted by Gasteiger charge is -2.02. The zero-order valence-electron chi connectivity index (χ0n) is 12.8. The van der Waals surface area contributed by atoms with E-state index in [4.69, 9.17) is 0 Å². The second-order valence-electron chi connectivity index (χ2n) is 4.85. The quantitative estimate of drug-likeness (QED) is 0.571. The summed E-state index contributed by atoms with van der Waals surface area (Å²) in [6, 6.07) is 11.6. The summed E-state index contributed by atoms with van der Waals surface area (Å²) in [6.45, 7) is 3.58. The molecule has 0 unspecified atom stereocenters. The fourth-order valence-electron chi connectivity index (χ4n) is 1.61. The van der Waals surface area contributed by atoms with Gasteiger partial charge in [0.25, 0.3) is 0 Å². The molecule has 0 atom stereocenters. The van der Waals surface area contributed by atoms with Gasteiger partial charge in [-0.25, -0.2) is 8.57 Å². The van der Waals surface area contributed by atoms with Crippen LogP contribution < -0.4 is 0 Å². The number of aryl methyl sites for hydroxylation is 2. The minimum atomic E-state index is -4.20. The Morgan fingerprint density at radius 1 is 0.625 bits per heavy atom. The summed E-state index contributed by atoms with van der Waals surface area (Å²) in [5.41, 5.74) is 1.73. The summed E-state index contributed by atoms with van der Waals surface area (Å²) in [5, 5.41) is 5.61. The van der Waals surface area contributed by atoms with E-state index in [0.717, 1.165) is 11.1 Å². The van der Waals surface area contributed by atoms with Crippen LogP contribution in [0, 0.1) is 13.8 Å². The SMILES string of the molecule is Cc1ccc(S(=O)(=O)ON=NOS(=O)(=O)c2ccc(C)cc2)cc1. The second-order valence-corrected chi connectivity index (χ2v) is 7.90. The molecule has 0 saturated carbocycles. The molecule has 0 saturated heterocycles. The van der Waals surface area contributed by atoms with Crippen LogP contribution in [0.1, 0.15) is 11.1 Å². The predicted molar refractivity (Wildman–Crippen MR) is 83.8 cm³/mol. The average Bonchev–Trinajstić information content (AvgIpc) is 2.52. The zero-order chi connectivity index (χ0) is 17.8. The van der Waals surface area contributed by atoms with Crippen molar-refractivity contribution in [2.75, 3.05) is 0 Å². The van der Waals surface area contributed by atoms with Gasteiger partial charge in [0.15, 0.2) is 0 Å². The lowest BCUT2D eigenvalue weighted by molar-refractivity contribution is 0.216. The van der Waals surface area contributed by atoms with Crippen molar-refractivity contribution in [1.82, 2.24) is 0 Å². The molecule has 0 amide bonds. The molecule has 2 rings (SSSR count). The first kappa shape index (κ1) is 17.9. The second kappa shape index (κ2) is 6.97. The van der Waals surface area contributed by atoms with Crippen molar-refractivity contribution >= 4 is 20.2 Å². The van der Waals surface area contributed by atoms with Gasteiger partial charge in [0, 0.05) is 0 Å². The average molecular weight is 370 g/mol. The largest absolute Gasteiger partial charge is 0.360 e. The highest BCUT2D eigenvalue weighted by atomic mass is 32.2. The highest BCUT2D eigenvalue weighted by molar-refractivity contribution is 7.87. The van der Waals surface area contributed by atoms with Crippen molar-refractivity contribution in [2.24, 2.45) is 10.6 Å². The van der Waals surface area contributed by atoms with E-state index < -0.39 is 20.2 Å². The maximum absolute atomic E-state index is 11.8. The number of rotatable bonds is 6. The summed E-state index contributed by atoms with van der Waals surface area (Å²) < 4.78 is 55.7. The molecule has 0 fully saturated rings. The standard InChI is InChI=1S/C14H14N2O6S2/c1-11-3-7-13(8-4-11)23(17,18)21-15-16-22-24(19,20)14-9-5-12(2)6-10-14/h3-10H,1-2H3. The Hall–Kier alpha value is -2.46. The molecule has 0 aliphatic carbocycles. The van der Waals surface area contributed by atoms with Crippen LogP contribution in [0.15, 0.2) is 68.9 Å². The molecular weight excluding hydrogens is 356 g/mol. The van der Waals surface area contributed by atoms with Gasteiger partial charge >= 0.3 is 20.2 Å². The van der Waals surface area contributed by atoms with Gasteiger partial charge in [0.2, 0.25) is 0 Å². The molecule has 2 aromatic rings. The Kier molecular flexibility index (Phi) is 5.20. The molecule has 10 heteroatoms. The number of nitrogens with zero attached hydrogens (tertiary/aromatic N) is 2. The molecule has 24 heavy (non-hydrogen) atoms.